The Morgan fingerprint density at radius 2 is 1.62 bits per heavy atom. The van der Waals surface area contributed by atoms with Crippen molar-refractivity contribution in [3.8, 4) is 0 Å². The van der Waals surface area contributed by atoms with E-state index >= 15 is 0 Å². The number of benzene rings is 1. The molecule has 2 N–H and O–H groups in total. The summed E-state index contributed by atoms with van der Waals surface area (Å²) in [5.74, 6) is -2.42. The highest BCUT2D eigenvalue weighted by Gasteiger charge is 2.26. The Kier molecular flexibility index (Phi) is 3.03. The number of hydrogen-bond donors (Lipinski definition) is 2. The summed E-state index contributed by atoms with van der Waals surface area (Å²) in [6.07, 6.45) is 0. The molecule has 0 atom stereocenters. The van der Waals surface area contributed by atoms with E-state index in [1.807, 2.05) is 20.8 Å². The Labute approximate surface area is 93.5 Å². The van der Waals surface area contributed by atoms with E-state index in [1.54, 1.807) is 12.1 Å². The molecule has 1 aromatic rings. The predicted octanol–water partition coefficient (Wildman–Crippen LogP) is 2.38. The van der Waals surface area contributed by atoms with Gasteiger partial charge in [-0.1, -0.05) is 32.9 Å². The van der Waals surface area contributed by atoms with E-state index < -0.39 is 17.4 Å². The van der Waals surface area contributed by atoms with Gasteiger partial charge in [-0.05, 0) is 17.0 Å². The normalized spacial score (nSPS) is 11.2. The first-order valence-corrected chi connectivity index (χ1v) is 4.85. The van der Waals surface area contributed by atoms with Crippen LogP contribution in [0.15, 0.2) is 18.2 Å². The van der Waals surface area contributed by atoms with Crippen molar-refractivity contribution in [3.05, 3.63) is 34.9 Å². The number of carboxylic acid groups (broad SMARTS) is 2. The number of carbonyl (C=O) groups is 2. The van der Waals surface area contributed by atoms with E-state index in [-0.39, 0.29) is 11.1 Å². The topological polar surface area (TPSA) is 74.6 Å². The lowest BCUT2D eigenvalue weighted by Gasteiger charge is -2.22. The molecule has 4 nitrogen and oxygen atoms in total. The summed E-state index contributed by atoms with van der Waals surface area (Å²) in [6.45, 7) is 5.54. The number of hydrogen-bond acceptors (Lipinski definition) is 2. The summed E-state index contributed by atoms with van der Waals surface area (Å²) < 4.78 is 0. The monoisotopic (exact) mass is 222 g/mol. The van der Waals surface area contributed by atoms with Gasteiger partial charge in [-0.15, -0.1) is 0 Å². The van der Waals surface area contributed by atoms with Crippen molar-refractivity contribution in [1.29, 1.82) is 0 Å². The molecule has 0 unspecified atom stereocenters. The smallest absolute Gasteiger partial charge is 0.336 e. The van der Waals surface area contributed by atoms with Crippen LogP contribution in [0.1, 0.15) is 47.1 Å². The van der Waals surface area contributed by atoms with E-state index in [0.29, 0.717) is 5.56 Å². The molecule has 16 heavy (non-hydrogen) atoms. The lowest BCUT2D eigenvalue weighted by molar-refractivity contribution is 0.0649. The van der Waals surface area contributed by atoms with Crippen LogP contribution in [0.4, 0.5) is 0 Å². The summed E-state index contributed by atoms with van der Waals surface area (Å²) in [6, 6.07) is 4.52. The molecule has 0 saturated carbocycles. The van der Waals surface area contributed by atoms with Gasteiger partial charge in [0.1, 0.15) is 0 Å². The third-order valence-electron chi connectivity index (χ3n) is 2.32. The van der Waals surface area contributed by atoms with Crippen molar-refractivity contribution < 1.29 is 19.8 Å². The molecule has 4 heteroatoms. The van der Waals surface area contributed by atoms with Crippen molar-refractivity contribution in [2.75, 3.05) is 0 Å². The van der Waals surface area contributed by atoms with E-state index in [2.05, 4.69) is 0 Å². The van der Waals surface area contributed by atoms with Crippen molar-refractivity contribution >= 4 is 11.9 Å². The zero-order chi connectivity index (χ0) is 12.5. The van der Waals surface area contributed by atoms with Gasteiger partial charge in [-0.25, -0.2) is 9.59 Å². The first-order valence-electron chi connectivity index (χ1n) is 4.85. The molecule has 0 aliphatic heterocycles. The Bertz CT molecular complexity index is 441. The van der Waals surface area contributed by atoms with Gasteiger partial charge >= 0.3 is 11.9 Å². The molecule has 0 radical (unpaired) electrons. The maximum absolute atomic E-state index is 11.1. The Morgan fingerprint density at radius 1 is 1.06 bits per heavy atom. The van der Waals surface area contributed by atoms with Crippen LogP contribution in [0.25, 0.3) is 0 Å². The standard InChI is InChI=1S/C12H14O4/c1-12(2,3)8-6-4-5-7(10(13)14)9(8)11(15)16/h4-6H,1-3H3,(H,13,14)(H,15,16). The van der Waals surface area contributed by atoms with Crippen LogP contribution in [-0.2, 0) is 5.41 Å². The maximum atomic E-state index is 11.1. The molecule has 0 spiro atoms. The van der Waals surface area contributed by atoms with Gasteiger partial charge in [0, 0.05) is 0 Å². The minimum atomic E-state index is -1.22. The quantitative estimate of drug-likeness (QED) is 0.805. The molecule has 0 amide bonds. The molecule has 0 fully saturated rings. The van der Waals surface area contributed by atoms with Crippen molar-refractivity contribution in [2.24, 2.45) is 0 Å². The van der Waals surface area contributed by atoms with Crippen LogP contribution in [0.3, 0.4) is 0 Å². The molecular weight excluding hydrogens is 208 g/mol. The molecule has 0 aromatic heterocycles. The average molecular weight is 222 g/mol. The zero-order valence-corrected chi connectivity index (χ0v) is 9.44. The fraction of sp³-hybridized carbons (Fsp3) is 0.333. The van der Waals surface area contributed by atoms with Crippen LogP contribution in [-0.4, -0.2) is 22.2 Å². The van der Waals surface area contributed by atoms with Crippen LogP contribution < -0.4 is 0 Å². The predicted molar refractivity (Wildman–Crippen MR) is 59.1 cm³/mol. The van der Waals surface area contributed by atoms with Gasteiger partial charge in [0.15, 0.2) is 0 Å². The van der Waals surface area contributed by atoms with Crippen molar-refractivity contribution in [2.45, 2.75) is 26.2 Å². The van der Waals surface area contributed by atoms with Gasteiger partial charge < -0.3 is 10.2 Å². The molecule has 0 bridgehead atoms. The van der Waals surface area contributed by atoms with Crippen molar-refractivity contribution in [1.82, 2.24) is 0 Å². The number of aromatic carboxylic acids is 2. The lowest BCUT2D eigenvalue weighted by atomic mass is 9.82. The molecule has 0 aliphatic rings. The third kappa shape index (κ3) is 2.21. The minimum Gasteiger partial charge on any atom is -0.478 e. The highest BCUT2D eigenvalue weighted by molar-refractivity contribution is 6.03. The van der Waals surface area contributed by atoms with Crippen molar-refractivity contribution in [3.63, 3.8) is 0 Å². The molecule has 1 rings (SSSR count). The lowest BCUT2D eigenvalue weighted by Crippen LogP contribution is -2.20. The summed E-state index contributed by atoms with van der Waals surface area (Å²) in [5.41, 5.74) is -0.165. The second-order valence-corrected chi connectivity index (χ2v) is 4.59. The van der Waals surface area contributed by atoms with Gasteiger partial charge in [0.25, 0.3) is 0 Å². The maximum Gasteiger partial charge on any atom is 0.336 e. The van der Waals surface area contributed by atoms with Gasteiger partial charge in [-0.3, -0.25) is 0 Å². The summed E-state index contributed by atoms with van der Waals surface area (Å²) in [7, 11) is 0. The summed E-state index contributed by atoms with van der Waals surface area (Å²) in [5, 5.41) is 18.0. The van der Waals surface area contributed by atoms with Crippen LogP contribution in [0, 0.1) is 0 Å². The van der Waals surface area contributed by atoms with E-state index in [9.17, 15) is 9.59 Å². The second kappa shape index (κ2) is 3.96. The fourth-order valence-electron chi connectivity index (χ4n) is 1.59. The fourth-order valence-corrected chi connectivity index (χ4v) is 1.59. The molecule has 0 aliphatic carbocycles. The van der Waals surface area contributed by atoms with E-state index in [0.717, 1.165) is 0 Å². The van der Waals surface area contributed by atoms with Crippen LogP contribution in [0.5, 0.6) is 0 Å². The average Bonchev–Trinajstić information content (AvgIpc) is 2.14. The molecule has 0 heterocycles. The number of rotatable bonds is 2. The van der Waals surface area contributed by atoms with Gasteiger partial charge in [0.2, 0.25) is 0 Å². The first kappa shape index (κ1) is 12.2. The zero-order valence-electron chi connectivity index (χ0n) is 9.44. The highest BCUT2D eigenvalue weighted by atomic mass is 16.4. The Morgan fingerprint density at radius 3 is 2.00 bits per heavy atom. The molecule has 0 saturated heterocycles. The Balaban J connectivity index is 3.58. The van der Waals surface area contributed by atoms with E-state index in [4.69, 9.17) is 10.2 Å². The third-order valence-corrected chi connectivity index (χ3v) is 2.32. The van der Waals surface area contributed by atoms with Gasteiger partial charge in [-0.2, -0.15) is 0 Å². The number of carboxylic acids is 2. The first-order chi connectivity index (χ1) is 7.25. The Hall–Kier alpha value is -1.84. The van der Waals surface area contributed by atoms with Gasteiger partial charge in [0.05, 0.1) is 11.1 Å². The highest BCUT2D eigenvalue weighted by Crippen LogP contribution is 2.28. The molecule has 1 aromatic carbocycles. The SMILES string of the molecule is CC(C)(C)c1cccc(C(=O)O)c1C(=O)O. The van der Waals surface area contributed by atoms with Crippen LogP contribution >= 0.6 is 0 Å². The summed E-state index contributed by atoms with van der Waals surface area (Å²) in [4.78, 5) is 22.1. The van der Waals surface area contributed by atoms with E-state index in [1.165, 1.54) is 6.07 Å². The summed E-state index contributed by atoms with van der Waals surface area (Å²) >= 11 is 0. The molecule has 86 valence electrons. The largest absolute Gasteiger partial charge is 0.478 e. The van der Waals surface area contributed by atoms with Crippen LogP contribution in [0.2, 0.25) is 0 Å². The molecular formula is C12H14O4. The minimum absolute atomic E-state index is 0.123. The second-order valence-electron chi connectivity index (χ2n) is 4.59.